The van der Waals surface area contributed by atoms with Crippen molar-refractivity contribution >= 4 is 23.6 Å². The van der Waals surface area contributed by atoms with Crippen molar-refractivity contribution in [2.24, 2.45) is 0 Å². The third kappa shape index (κ3) is 1.28. The Morgan fingerprint density at radius 2 is 2.00 bits per heavy atom. The topological polar surface area (TPSA) is 86.6 Å². The fourth-order valence-corrected chi connectivity index (χ4v) is 1.39. The number of aldehydes is 2. The Hall–Kier alpha value is -2.48. The zero-order valence-corrected chi connectivity index (χ0v) is 8.18. The number of benzene rings is 1. The highest BCUT2D eigenvalue weighted by Crippen LogP contribution is 2.19. The number of nitrogens with zero attached hydrogens (tertiary/aromatic N) is 2. The van der Waals surface area contributed by atoms with Gasteiger partial charge in [-0.2, -0.15) is 5.26 Å². The molecule has 0 atom stereocenters. The maximum absolute atomic E-state index is 10.9. The molecule has 1 N–H and O–H groups in total. The average Bonchev–Trinajstić information content (AvgIpc) is 2.76. The molecule has 16 heavy (non-hydrogen) atoms. The summed E-state index contributed by atoms with van der Waals surface area (Å²) in [6.07, 6.45) is 0.579. The number of fused-ring (bicyclic) bond motifs is 1. The second kappa shape index (κ2) is 3.59. The molecule has 1 heterocycles. The molecule has 0 fully saturated rings. The van der Waals surface area contributed by atoms with Crippen LogP contribution in [0.15, 0.2) is 24.3 Å². The van der Waals surface area contributed by atoms with E-state index in [9.17, 15) is 9.59 Å². The fraction of sp³-hybridized carbons (Fsp3) is 0.0909. The van der Waals surface area contributed by atoms with Crippen LogP contribution in [0.3, 0.4) is 0 Å². The molecule has 0 saturated carbocycles. The van der Waals surface area contributed by atoms with Gasteiger partial charge >= 0.3 is 0 Å². The van der Waals surface area contributed by atoms with E-state index in [1.807, 2.05) is 0 Å². The smallest absolute Gasteiger partial charge is 0.224 e. The van der Waals surface area contributed by atoms with E-state index in [4.69, 9.17) is 5.26 Å². The Kier molecular flexibility index (Phi) is 2.25. The molecule has 0 radical (unpaired) electrons. The SMILES string of the molecule is N#CC(C=O)(C=O)c1nc2ccccc2[nH]1. The molecular formula is C11H7N3O2. The number of rotatable bonds is 3. The van der Waals surface area contributed by atoms with Crippen LogP contribution in [-0.2, 0) is 15.0 Å². The lowest BCUT2D eigenvalue weighted by Crippen LogP contribution is -2.29. The number of imidazole rings is 1. The first kappa shape index (κ1) is 10.1. The molecule has 0 aliphatic carbocycles. The number of nitrogens with one attached hydrogen (secondary N) is 1. The summed E-state index contributed by atoms with van der Waals surface area (Å²) in [6, 6.07) is 8.72. The number of carbonyl (C=O) groups excluding carboxylic acids is 2. The van der Waals surface area contributed by atoms with Crippen molar-refractivity contribution in [3.63, 3.8) is 0 Å². The van der Waals surface area contributed by atoms with Gasteiger partial charge in [0, 0.05) is 0 Å². The van der Waals surface area contributed by atoms with Crippen LogP contribution in [0.2, 0.25) is 0 Å². The summed E-state index contributed by atoms with van der Waals surface area (Å²) in [5.74, 6) is 0.0567. The molecule has 0 amide bonds. The summed E-state index contributed by atoms with van der Waals surface area (Å²) in [4.78, 5) is 28.6. The lowest BCUT2D eigenvalue weighted by atomic mass is 9.93. The highest BCUT2D eigenvalue weighted by molar-refractivity contribution is 5.95. The lowest BCUT2D eigenvalue weighted by molar-refractivity contribution is -0.119. The first-order chi connectivity index (χ1) is 7.75. The Morgan fingerprint density at radius 1 is 1.31 bits per heavy atom. The lowest BCUT2D eigenvalue weighted by Gasteiger charge is -2.06. The van der Waals surface area contributed by atoms with E-state index in [0.29, 0.717) is 11.0 Å². The molecule has 0 aliphatic heterocycles. The van der Waals surface area contributed by atoms with E-state index in [2.05, 4.69) is 9.97 Å². The van der Waals surface area contributed by atoms with Crippen LogP contribution in [0.25, 0.3) is 11.0 Å². The second-order valence-corrected chi connectivity index (χ2v) is 3.32. The van der Waals surface area contributed by atoms with Crippen LogP contribution in [0.5, 0.6) is 0 Å². The Balaban J connectivity index is 2.67. The maximum atomic E-state index is 10.9. The van der Waals surface area contributed by atoms with Crippen molar-refractivity contribution in [3.8, 4) is 6.07 Å². The number of para-hydroxylation sites is 2. The third-order valence-electron chi connectivity index (χ3n) is 2.34. The van der Waals surface area contributed by atoms with Gasteiger partial charge in [-0.25, -0.2) is 4.98 Å². The number of H-pyrrole nitrogens is 1. The maximum Gasteiger partial charge on any atom is 0.224 e. The highest BCUT2D eigenvalue weighted by Gasteiger charge is 2.35. The molecule has 0 saturated heterocycles. The summed E-state index contributed by atoms with van der Waals surface area (Å²) in [5.41, 5.74) is -0.541. The molecule has 1 aromatic heterocycles. The van der Waals surface area contributed by atoms with Gasteiger partial charge in [0.25, 0.3) is 0 Å². The van der Waals surface area contributed by atoms with Gasteiger partial charge < -0.3 is 14.6 Å². The number of nitriles is 1. The van der Waals surface area contributed by atoms with Crippen molar-refractivity contribution < 1.29 is 9.59 Å². The average molecular weight is 213 g/mol. The van der Waals surface area contributed by atoms with Crippen molar-refractivity contribution in [2.45, 2.75) is 5.41 Å². The molecule has 1 aromatic carbocycles. The van der Waals surface area contributed by atoms with Crippen LogP contribution in [-0.4, -0.2) is 22.5 Å². The molecule has 0 bridgehead atoms. The molecule has 2 aromatic rings. The van der Waals surface area contributed by atoms with Crippen LogP contribution >= 0.6 is 0 Å². The number of hydrogen-bond acceptors (Lipinski definition) is 4. The van der Waals surface area contributed by atoms with E-state index in [1.165, 1.54) is 0 Å². The minimum absolute atomic E-state index is 0.0567. The van der Waals surface area contributed by atoms with Crippen molar-refractivity contribution in [2.75, 3.05) is 0 Å². The first-order valence-corrected chi connectivity index (χ1v) is 4.55. The molecular weight excluding hydrogens is 206 g/mol. The minimum Gasteiger partial charge on any atom is -0.340 e. The predicted octanol–water partition coefficient (Wildman–Crippen LogP) is 0.722. The zero-order chi connectivity index (χ0) is 11.6. The van der Waals surface area contributed by atoms with Gasteiger partial charge in [0.2, 0.25) is 5.41 Å². The van der Waals surface area contributed by atoms with Gasteiger partial charge in [0.1, 0.15) is 5.82 Å². The highest BCUT2D eigenvalue weighted by atomic mass is 16.1. The van der Waals surface area contributed by atoms with Crippen molar-refractivity contribution in [1.29, 1.82) is 5.26 Å². The van der Waals surface area contributed by atoms with E-state index in [1.54, 1.807) is 30.3 Å². The summed E-state index contributed by atoms with van der Waals surface area (Å²) in [6.45, 7) is 0. The first-order valence-electron chi connectivity index (χ1n) is 4.55. The fourth-order valence-electron chi connectivity index (χ4n) is 1.39. The molecule has 0 aliphatic rings. The van der Waals surface area contributed by atoms with Crippen LogP contribution in [0, 0.1) is 11.3 Å². The number of aromatic amines is 1. The number of hydrogen-bond donors (Lipinski definition) is 1. The predicted molar refractivity (Wildman–Crippen MR) is 55.5 cm³/mol. The van der Waals surface area contributed by atoms with Gasteiger partial charge in [0.15, 0.2) is 12.6 Å². The summed E-state index contributed by atoms with van der Waals surface area (Å²) in [5, 5.41) is 8.88. The molecule has 78 valence electrons. The Morgan fingerprint density at radius 3 is 2.56 bits per heavy atom. The third-order valence-corrected chi connectivity index (χ3v) is 2.34. The quantitative estimate of drug-likeness (QED) is 0.601. The molecule has 0 spiro atoms. The van der Waals surface area contributed by atoms with Crippen LogP contribution in [0.1, 0.15) is 5.82 Å². The van der Waals surface area contributed by atoms with Gasteiger partial charge in [-0.15, -0.1) is 0 Å². The molecule has 5 heteroatoms. The van der Waals surface area contributed by atoms with Gasteiger partial charge in [0.05, 0.1) is 17.1 Å². The van der Waals surface area contributed by atoms with E-state index in [-0.39, 0.29) is 18.4 Å². The summed E-state index contributed by atoms with van der Waals surface area (Å²) in [7, 11) is 0. The number of carbonyl (C=O) groups is 2. The molecule has 2 rings (SSSR count). The zero-order valence-electron chi connectivity index (χ0n) is 8.18. The van der Waals surface area contributed by atoms with Gasteiger partial charge in [-0.3, -0.25) is 0 Å². The molecule has 5 nitrogen and oxygen atoms in total. The Labute approximate surface area is 90.7 Å². The monoisotopic (exact) mass is 213 g/mol. The standard InChI is InChI=1S/C11H7N3O2/c12-5-11(6-15,7-16)10-13-8-3-1-2-4-9(8)14-10/h1-4,6-7H,(H,13,14). The van der Waals surface area contributed by atoms with Crippen molar-refractivity contribution in [1.82, 2.24) is 9.97 Å². The minimum atomic E-state index is -1.83. The number of aromatic nitrogens is 2. The summed E-state index contributed by atoms with van der Waals surface area (Å²) >= 11 is 0. The van der Waals surface area contributed by atoms with Gasteiger partial charge in [-0.05, 0) is 12.1 Å². The second-order valence-electron chi connectivity index (χ2n) is 3.32. The normalized spacial score (nSPS) is 10.9. The van der Waals surface area contributed by atoms with Crippen molar-refractivity contribution in [3.05, 3.63) is 30.1 Å². The van der Waals surface area contributed by atoms with E-state index in [0.717, 1.165) is 0 Å². The van der Waals surface area contributed by atoms with E-state index >= 15 is 0 Å². The van der Waals surface area contributed by atoms with Crippen LogP contribution < -0.4 is 0 Å². The largest absolute Gasteiger partial charge is 0.340 e. The Bertz CT molecular complexity index is 554. The summed E-state index contributed by atoms with van der Waals surface area (Å²) < 4.78 is 0. The van der Waals surface area contributed by atoms with Crippen LogP contribution in [0.4, 0.5) is 0 Å². The van der Waals surface area contributed by atoms with E-state index < -0.39 is 5.41 Å². The molecule has 0 unspecified atom stereocenters. The van der Waals surface area contributed by atoms with Gasteiger partial charge in [-0.1, -0.05) is 12.1 Å².